The SMILES string of the molecule is Nc1cc(-c2nc[nH]c2CCC(c2ccc(F)cc2)N2CCOCC2)ccn1. The lowest BCUT2D eigenvalue weighted by Gasteiger charge is -2.35. The van der Waals surface area contributed by atoms with E-state index >= 15 is 0 Å². The number of aromatic amines is 1. The highest BCUT2D eigenvalue weighted by Crippen LogP contribution is 2.29. The van der Waals surface area contributed by atoms with Crippen molar-refractivity contribution in [1.29, 1.82) is 0 Å². The van der Waals surface area contributed by atoms with E-state index in [9.17, 15) is 4.39 Å². The van der Waals surface area contributed by atoms with Crippen molar-refractivity contribution in [3.63, 3.8) is 0 Å². The first kappa shape index (κ1) is 18.6. The Morgan fingerprint density at radius 1 is 1.14 bits per heavy atom. The molecule has 6 nitrogen and oxygen atoms in total. The van der Waals surface area contributed by atoms with Crippen molar-refractivity contribution in [3.8, 4) is 11.3 Å². The van der Waals surface area contributed by atoms with Crippen LogP contribution in [0.4, 0.5) is 10.2 Å². The van der Waals surface area contributed by atoms with Gasteiger partial charge in [-0.2, -0.15) is 0 Å². The average molecular weight is 381 g/mol. The van der Waals surface area contributed by atoms with Crippen LogP contribution < -0.4 is 5.73 Å². The van der Waals surface area contributed by atoms with Gasteiger partial charge in [-0.15, -0.1) is 0 Å². The zero-order valence-corrected chi connectivity index (χ0v) is 15.6. The van der Waals surface area contributed by atoms with Crippen LogP contribution in [0.15, 0.2) is 48.9 Å². The lowest BCUT2D eigenvalue weighted by Crippen LogP contribution is -2.39. The number of anilines is 1. The van der Waals surface area contributed by atoms with Gasteiger partial charge in [0.05, 0.1) is 25.2 Å². The number of benzene rings is 1. The van der Waals surface area contributed by atoms with Crippen LogP contribution in [-0.2, 0) is 11.2 Å². The van der Waals surface area contributed by atoms with Crippen LogP contribution in [-0.4, -0.2) is 46.2 Å². The predicted octanol–water partition coefficient (Wildman–Crippen LogP) is 3.20. The van der Waals surface area contributed by atoms with Gasteiger partial charge in [-0.25, -0.2) is 14.4 Å². The fourth-order valence-electron chi connectivity index (χ4n) is 3.77. The summed E-state index contributed by atoms with van der Waals surface area (Å²) in [4.78, 5) is 14.2. The van der Waals surface area contributed by atoms with E-state index in [1.54, 1.807) is 12.5 Å². The fourth-order valence-corrected chi connectivity index (χ4v) is 3.77. The van der Waals surface area contributed by atoms with Gasteiger partial charge in [0, 0.05) is 36.6 Å². The van der Waals surface area contributed by atoms with Crippen molar-refractivity contribution < 1.29 is 9.13 Å². The van der Waals surface area contributed by atoms with Crippen LogP contribution in [0, 0.1) is 5.82 Å². The Morgan fingerprint density at radius 2 is 1.93 bits per heavy atom. The maximum Gasteiger partial charge on any atom is 0.123 e. The largest absolute Gasteiger partial charge is 0.384 e. The molecule has 0 aliphatic carbocycles. The van der Waals surface area contributed by atoms with Crippen LogP contribution in [0.1, 0.15) is 23.7 Å². The smallest absolute Gasteiger partial charge is 0.123 e. The molecule has 0 spiro atoms. The van der Waals surface area contributed by atoms with E-state index in [1.165, 1.54) is 12.1 Å². The van der Waals surface area contributed by atoms with Gasteiger partial charge in [0.25, 0.3) is 0 Å². The topological polar surface area (TPSA) is 80.1 Å². The molecule has 0 bridgehead atoms. The molecule has 2 aromatic heterocycles. The minimum absolute atomic E-state index is 0.197. The number of halogens is 1. The Bertz CT molecular complexity index is 905. The number of aromatic nitrogens is 3. The van der Waals surface area contributed by atoms with E-state index in [0.717, 1.165) is 61.7 Å². The van der Waals surface area contributed by atoms with Gasteiger partial charge in [0.2, 0.25) is 0 Å². The van der Waals surface area contributed by atoms with Crippen molar-refractivity contribution in [2.45, 2.75) is 18.9 Å². The van der Waals surface area contributed by atoms with Crippen molar-refractivity contribution >= 4 is 5.82 Å². The van der Waals surface area contributed by atoms with E-state index in [1.807, 2.05) is 24.3 Å². The second kappa shape index (κ2) is 8.50. The zero-order chi connectivity index (χ0) is 19.3. The first-order valence-corrected chi connectivity index (χ1v) is 9.52. The molecule has 1 atom stereocenters. The van der Waals surface area contributed by atoms with E-state index in [0.29, 0.717) is 5.82 Å². The summed E-state index contributed by atoms with van der Waals surface area (Å²) in [6, 6.07) is 10.8. The number of nitrogens with one attached hydrogen (secondary N) is 1. The molecular formula is C21H24FN5O. The molecule has 1 aromatic carbocycles. The number of pyridine rings is 1. The summed E-state index contributed by atoms with van der Waals surface area (Å²) in [6.07, 6.45) is 5.11. The number of aryl methyl sites for hydroxylation is 1. The fraction of sp³-hybridized carbons (Fsp3) is 0.333. The molecule has 0 radical (unpaired) electrons. The van der Waals surface area contributed by atoms with Gasteiger partial charge < -0.3 is 15.5 Å². The van der Waals surface area contributed by atoms with Gasteiger partial charge in [0.15, 0.2) is 0 Å². The molecule has 1 saturated heterocycles. The lowest BCUT2D eigenvalue weighted by molar-refractivity contribution is 0.0142. The average Bonchev–Trinajstić information content (AvgIpc) is 3.19. The Labute approximate surface area is 163 Å². The minimum Gasteiger partial charge on any atom is -0.384 e. The number of hydrogen-bond donors (Lipinski definition) is 2. The highest BCUT2D eigenvalue weighted by molar-refractivity contribution is 5.64. The van der Waals surface area contributed by atoms with Gasteiger partial charge >= 0.3 is 0 Å². The van der Waals surface area contributed by atoms with Gasteiger partial charge in [0.1, 0.15) is 11.6 Å². The molecular weight excluding hydrogens is 357 g/mol. The molecule has 28 heavy (non-hydrogen) atoms. The molecule has 7 heteroatoms. The van der Waals surface area contributed by atoms with Gasteiger partial charge in [-0.1, -0.05) is 12.1 Å². The number of nitrogen functional groups attached to an aromatic ring is 1. The van der Waals surface area contributed by atoms with Crippen LogP contribution >= 0.6 is 0 Å². The van der Waals surface area contributed by atoms with Crippen LogP contribution in [0.3, 0.4) is 0 Å². The Balaban J connectivity index is 1.55. The third-order valence-electron chi connectivity index (χ3n) is 5.18. The van der Waals surface area contributed by atoms with Crippen molar-refractivity contribution in [2.24, 2.45) is 0 Å². The van der Waals surface area contributed by atoms with Crippen LogP contribution in [0.5, 0.6) is 0 Å². The molecule has 3 N–H and O–H groups in total. The summed E-state index contributed by atoms with van der Waals surface area (Å²) in [5.74, 6) is 0.263. The third kappa shape index (κ3) is 4.21. The molecule has 1 fully saturated rings. The molecule has 0 amide bonds. The maximum absolute atomic E-state index is 13.4. The number of morpholine rings is 1. The highest BCUT2D eigenvalue weighted by atomic mass is 19.1. The number of rotatable bonds is 6. The second-order valence-corrected chi connectivity index (χ2v) is 6.95. The summed E-state index contributed by atoms with van der Waals surface area (Å²) in [6.45, 7) is 3.20. The molecule has 1 aliphatic heterocycles. The monoisotopic (exact) mass is 381 g/mol. The van der Waals surface area contributed by atoms with Crippen molar-refractivity contribution in [2.75, 3.05) is 32.0 Å². The number of H-pyrrole nitrogens is 1. The summed E-state index contributed by atoms with van der Waals surface area (Å²) in [5.41, 5.74) is 9.86. The number of ether oxygens (including phenoxy) is 1. The van der Waals surface area contributed by atoms with Gasteiger partial charge in [-0.3, -0.25) is 4.90 Å². The minimum atomic E-state index is -0.212. The molecule has 1 aliphatic rings. The van der Waals surface area contributed by atoms with E-state index in [-0.39, 0.29) is 11.9 Å². The Morgan fingerprint density at radius 3 is 2.68 bits per heavy atom. The molecule has 3 aromatic rings. The maximum atomic E-state index is 13.4. The second-order valence-electron chi connectivity index (χ2n) is 6.95. The summed E-state index contributed by atoms with van der Waals surface area (Å²) < 4.78 is 18.9. The Hall–Kier alpha value is -2.77. The summed E-state index contributed by atoms with van der Waals surface area (Å²) >= 11 is 0. The van der Waals surface area contributed by atoms with E-state index in [4.69, 9.17) is 10.5 Å². The molecule has 146 valence electrons. The number of nitrogens with zero attached hydrogens (tertiary/aromatic N) is 3. The standard InChI is InChI=1S/C21H24FN5O/c22-17-3-1-15(2-4-17)19(27-9-11-28-12-10-27)6-5-18-21(26-14-25-18)16-7-8-24-20(23)13-16/h1-4,7-8,13-14,19H,5-6,9-12H2,(H2,23,24)(H,25,26). The zero-order valence-electron chi connectivity index (χ0n) is 15.6. The van der Waals surface area contributed by atoms with Crippen molar-refractivity contribution in [3.05, 3.63) is 66.0 Å². The number of nitrogens with two attached hydrogens (primary N) is 1. The summed E-state index contributed by atoms with van der Waals surface area (Å²) in [5, 5.41) is 0. The quantitative estimate of drug-likeness (QED) is 0.685. The number of hydrogen-bond acceptors (Lipinski definition) is 5. The van der Waals surface area contributed by atoms with Gasteiger partial charge in [-0.05, 0) is 42.7 Å². The first-order valence-electron chi connectivity index (χ1n) is 9.52. The first-order chi connectivity index (χ1) is 13.7. The van der Waals surface area contributed by atoms with Crippen LogP contribution in [0.25, 0.3) is 11.3 Å². The van der Waals surface area contributed by atoms with E-state index < -0.39 is 0 Å². The van der Waals surface area contributed by atoms with Crippen LogP contribution in [0.2, 0.25) is 0 Å². The van der Waals surface area contributed by atoms with E-state index in [2.05, 4.69) is 19.9 Å². The number of imidazole rings is 1. The molecule has 3 heterocycles. The third-order valence-corrected chi connectivity index (χ3v) is 5.18. The highest BCUT2D eigenvalue weighted by Gasteiger charge is 2.23. The predicted molar refractivity (Wildman–Crippen MR) is 106 cm³/mol. The lowest BCUT2D eigenvalue weighted by atomic mass is 9.97. The van der Waals surface area contributed by atoms with Crippen molar-refractivity contribution in [1.82, 2.24) is 19.9 Å². The Kier molecular flexibility index (Phi) is 5.64. The normalized spacial score (nSPS) is 16.2. The molecule has 0 saturated carbocycles. The molecule has 1 unspecified atom stereocenters. The summed E-state index contributed by atoms with van der Waals surface area (Å²) in [7, 11) is 0. The molecule has 4 rings (SSSR count).